The number of nitrogens with one attached hydrogen (secondary N) is 1. The highest BCUT2D eigenvalue weighted by Crippen LogP contribution is 2.43. The summed E-state index contributed by atoms with van der Waals surface area (Å²) in [4.78, 5) is 33.8. The van der Waals surface area contributed by atoms with Crippen LogP contribution in [0.4, 0.5) is 10.3 Å². The SMILES string of the molecule is NCc1ccc(CC(=O)Nc2nnc([C@H]3CCC[C@H](c4nnc(N(N)C(=O)Cc5ccc(CN)cn5)s4)C3)s2)nc1. The normalized spacial score (nSPS) is 16.9. The minimum Gasteiger partial charge on any atom is -0.326 e. The number of aromatic nitrogens is 6. The van der Waals surface area contributed by atoms with Crippen molar-refractivity contribution >= 4 is 44.8 Å². The largest absolute Gasteiger partial charge is 0.326 e. The van der Waals surface area contributed by atoms with Crippen LogP contribution in [0.5, 0.6) is 0 Å². The summed E-state index contributed by atoms with van der Waals surface area (Å²) >= 11 is 2.71. The van der Waals surface area contributed by atoms with Crippen molar-refractivity contribution in [2.75, 3.05) is 10.3 Å². The van der Waals surface area contributed by atoms with Gasteiger partial charge in [0.25, 0.3) is 0 Å². The monoisotopic (exact) mass is 593 g/mol. The van der Waals surface area contributed by atoms with Crippen LogP contribution in [-0.4, -0.2) is 42.2 Å². The van der Waals surface area contributed by atoms with Crippen molar-refractivity contribution in [2.45, 2.75) is 63.5 Å². The fraction of sp³-hybridized carbons (Fsp3) is 0.385. The average Bonchev–Trinajstić information content (AvgIpc) is 3.68. The molecule has 1 saturated carbocycles. The van der Waals surface area contributed by atoms with Gasteiger partial charge in [0.15, 0.2) is 0 Å². The summed E-state index contributed by atoms with van der Waals surface area (Å²) in [6.45, 7) is 0.796. The third-order valence-corrected chi connectivity index (χ3v) is 8.97. The average molecular weight is 594 g/mol. The molecule has 214 valence electrons. The molecule has 15 heteroatoms. The highest BCUT2D eigenvalue weighted by Gasteiger charge is 2.30. The van der Waals surface area contributed by atoms with Crippen LogP contribution in [-0.2, 0) is 35.5 Å². The maximum Gasteiger partial charge on any atom is 0.249 e. The van der Waals surface area contributed by atoms with Crippen molar-refractivity contribution in [3.8, 4) is 0 Å². The molecule has 4 aromatic heterocycles. The number of pyridine rings is 2. The van der Waals surface area contributed by atoms with E-state index in [0.29, 0.717) is 34.7 Å². The van der Waals surface area contributed by atoms with E-state index in [0.717, 1.165) is 51.8 Å². The van der Waals surface area contributed by atoms with Gasteiger partial charge in [0.05, 0.1) is 12.8 Å². The Kier molecular flexibility index (Phi) is 9.31. The van der Waals surface area contributed by atoms with Crippen molar-refractivity contribution in [2.24, 2.45) is 17.3 Å². The molecule has 2 amide bonds. The van der Waals surface area contributed by atoms with Gasteiger partial charge in [0.2, 0.25) is 22.1 Å². The van der Waals surface area contributed by atoms with Gasteiger partial charge >= 0.3 is 0 Å². The third-order valence-electron chi connectivity index (χ3n) is 6.88. The van der Waals surface area contributed by atoms with Gasteiger partial charge in [-0.1, -0.05) is 41.2 Å². The fourth-order valence-electron chi connectivity index (χ4n) is 4.61. The van der Waals surface area contributed by atoms with Gasteiger partial charge in [-0.15, -0.1) is 20.4 Å². The van der Waals surface area contributed by atoms with E-state index in [4.69, 9.17) is 17.3 Å². The lowest BCUT2D eigenvalue weighted by Gasteiger charge is -2.25. The molecule has 1 fully saturated rings. The molecule has 13 nitrogen and oxygen atoms in total. The number of hydrazine groups is 1. The number of carbonyl (C=O) groups excluding carboxylic acids is 2. The Balaban J connectivity index is 1.16. The number of nitrogens with zero attached hydrogens (tertiary/aromatic N) is 7. The molecule has 2 atom stereocenters. The quantitative estimate of drug-likeness (QED) is 0.119. The maximum atomic E-state index is 12.7. The zero-order valence-electron chi connectivity index (χ0n) is 22.3. The van der Waals surface area contributed by atoms with Gasteiger partial charge < -0.3 is 16.8 Å². The van der Waals surface area contributed by atoms with E-state index in [1.54, 1.807) is 24.5 Å². The van der Waals surface area contributed by atoms with E-state index in [1.807, 2.05) is 12.1 Å². The standard InChI is InChI=1S/C26H31N11O2S2/c27-11-15-4-6-19(30-13-15)9-21(38)32-25-35-33-23(40-25)17-2-1-3-18(8-17)24-34-36-26(41-24)37(29)22(39)10-20-7-5-16(12-28)14-31-20/h4-7,13-14,17-18H,1-3,8-12,27-29H2,(H,32,35,38)/t17-,18-/m0/s1. The molecule has 0 aromatic carbocycles. The summed E-state index contributed by atoms with van der Waals surface area (Å²) in [6, 6.07) is 7.27. The topological polar surface area (TPSA) is 205 Å². The lowest BCUT2D eigenvalue weighted by atomic mass is 9.82. The summed E-state index contributed by atoms with van der Waals surface area (Å²) < 4.78 is 0. The number of hydrogen-bond acceptors (Lipinski definition) is 13. The Morgan fingerprint density at radius 1 is 0.854 bits per heavy atom. The van der Waals surface area contributed by atoms with Gasteiger partial charge in [-0.3, -0.25) is 19.6 Å². The molecule has 0 spiro atoms. The summed E-state index contributed by atoms with van der Waals surface area (Å²) in [7, 11) is 0. The molecule has 4 aromatic rings. The van der Waals surface area contributed by atoms with Crippen LogP contribution in [0.3, 0.4) is 0 Å². The second-order valence-electron chi connectivity index (χ2n) is 9.82. The van der Waals surface area contributed by atoms with E-state index >= 15 is 0 Å². The second-order valence-corrected chi connectivity index (χ2v) is 11.8. The number of hydrogen-bond donors (Lipinski definition) is 4. The van der Waals surface area contributed by atoms with Crippen LogP contribution >= 0.6 is 22.7 Å². The zero-order valence-corrected chi connectivity index (χ0v) is 23.9. The molecular formula is C26H31N11O2S2. The Morgan fingerprint density at radius 2 is 1.46 bits per heavy atom. The first kappa shape index (κ1) is 28.8. The van der Waals surface area contributed by atoms with Crippen molar-refractivity contribution < 1.29 is 9.59 Å². The number of nitrogens with two attached hydrogens (primary N) is 3. The first-order valence-corrected chi connectivity index (χ1v) is 14.9. The van der Waals surface area contributed by atoms with Gasteiger partial charge in [-0.2, -0.15) is 0 Å². The summed E-state index contributed by atoms with van der Waals surface area (Å²) in [5.41, 5.74) is 14.3. The van der Waals surface area contributed by atoms with Gasteiger partial charge in [0.1, 0.15) is 10.0 Å². The van der Waals surface area contributed by atoms with Crippen molar-refractivity contribution in [1.29, 1.82) is 0 Å². The second kappa shape index (κ2) is 13.3. The van der Waals surface area contributed by atoms with Crippen molar-refractivity contribution in [3.63, 3.8) is 0 Å². The minimum atomic E-state index is -0.325. The third kappa shape index (κ3) is 7.31. The molecule has 5 rings (SSSR count). The van der Waals surface area contributed by atoms with Crippen LogP contribution in [0.1, 0.15) is 70.0 Å². The van der Waals surface area contributed by atoms with Crippen molar-refractivity contribution in [3.05, 3.63) is 69.2 Å². The summed E-state index contributed by atoms with van der Waals surface area (Å²) in [5.74, 6) is 5.92. The summed E-state index contributed by atoms with van der Waals surface area (Å²) in [6.07, 6.45) is 7.27. The number of amides is 2. The fourth-order valence-corrected chi connectivity index (χ4v) is 6.45. The molecule has 4 heterocycles. The van der Waals surface area contributed by atoms with E-state index in [-0.39, 0.29) is 36.5 Å². The first-order valence-electron chi connectivity index (χ1n) is 13.2. The maximum absolute atomic E-state index is 12.7. The predicted octanol–water partition coefficient (Wildman–Crippen LogP) is 2.17. The zero-order chi connectivity index (χ0) is 28.8. The van der Waals surface area contributed by atoms with E-state index < -0.39 is 0 Å². The molecule has 41 heavy (non-hydrogen) atoms. The highest BCUT2D eigenvalue weighted by molar-refractivity contribution is 7.15. The molecule has 0 unspecified atom stereocenters. The Hall–Kier alpha value is -3.76. The Morgan fingerprint density at radius 3 is 2.07 bits per heavy atom. The summed E-state index contributed by atoms with van der Waals surface area (Å²) in [5, 5.41) is 23.5. The molecule has 0 aliphatic heterocycles. The van der Waals surface area contributed by atoms with Gasteiger partial charge in [-0.05, 0) is 42.5 Å². The Bertz CT molecular complexity index is 1470. The minimum absolute atomic E-state index is 0.0504. The van der Waals surface area contributed by atoms with E-state index in [2.05, 4.69) is 35.7 Å². The van der Waals surface area contributed by atoms with E-state index in [1.165, 1.54) is 22.7 Å². The Labute approximate surface area is 244 Å². The molecule has 1 aliphatic carbocycles. The lowest BCUT2D eigenvalue weighted by molar-refractivity contribution is -0.118. The van der Waals surface area contributed by atoms with Crippen LogP contribution in [0.15, 0.2) is 36.7 Å². The predicted molar refractivity (Wildman–Crippen MR) is 156 cm³/mol. The molecule has 0 bridgehead atoms. The van der Waals surface area contributed by atoms with Gasteiger partial charge in [0, 0.05) is 48.7 Å². The van der Waals surface area contributed by atoms with Crippen LogP contribution in [0.2, 0.25) is 0 Å². The van der Waals surface area contributed by atoms with E-state index in [9.17, 15) is 9.59 Å². The van der Waals surface area contributed by atoms with Gasteiger partial charge in [-0.25, -0.2) is 10.9 Å². The number of rotatable bonds is 10. The number of anilines is 2. The van der Waals surface area contributed by atoms with Crippen molar-refractivity contribution in [1.82, 2.24) is 30.4 Å². The first-order chi connectivity index (χ1) is 19.9. The highest BCUT2D eigenvalue weighted by atomic mass is 32.1. The smallest absolute Gasteiger partial charge is 0.249 e. The molecule has 1 aliphatic rings. The van der Waals surface area contributed by atoms with Crippen LogP contribution in [0.25, 0.3) is 0 Å². The van der Waals surface area contributed by atoms with Crippen LogP contribution in [0, 0.1) is 0 Å². The molecular weight excluding hydrogens is 562 g/mol. The molecule has 0 radical (unpaired) electrons. The lowest BCUT2D eigenvalue weighted by Crippen LogP contribution is -2.38. The molecule has 0 saturated heterocycles. The molecule has 7 N–H and O–H groups in total. The van der Waals surface area contributed by atoms with Crippen LogP contribution < -0.4 is 27.6 Å². The number of carbonyl (C=O) groups is 2.